The normalized spacial score (nSPS) is 14.0. The lowest BCUT2D eigenvalue weighted by molar-refractivity contribution is -0.129. The van der Waals surface area contributed by atoms with E-state index in [2.05, 4.69) is 27.5 Å². The lowest BCUT2D eigenvalue weighted by Crippen LogP contribution is -2.05. The van der Waals surface area contributed by atoms with E-state index in [1.165, 1.54) is 0 Å². The molecule has 0 unspecified atom stereocenters. The predicted molar refractivity (Wildman–Crippen MR) is 138 cm³/mol. The molecule has 0 spiro atoms. The Labute approximate surface area is 207 Å². The maximum Gasteiger partial charge on any atom is 0.363 e. The summed E-state index contributed by atoms with van der Waals surface area (Å²) < 4.78 is 17.7. The highest BCUT2D eigenvalue weighted by Gasteiger charge is 2.24. The first-order valence-electron chi connectivity index (χ1n) is 10.9. The monoisotopic (exact) mass is 517 g/mol. The minimum Gasteiger partial charge on any atom is -0.490 e. The van der Waals surface area contributed by atoms with Gasteiger partial charge < -0.3 is 14.2 Å². The predicted octanol–water partition coefficient (Wildman–Crippen LogP) is 6.81. The number of aliphatic imine (C=N–C) groups is 1. The number of rotatable bonds is 8. The number of hydrogen-bond acceptors (Lipinski definition) is 5. The quantitative estimate of drug-likeness (QED) is 0.187. The van der Waals surface area contributed by atoms with Crippen molar-refractivity contribution in [3.8, 4) is 22.6 Å². The number of cyclic esters (lactones) is 1. The Bertz CT molecular complexity index is 1280. The molecule has 34 heavy (non-hydrogen) atoms. The van der Waals surface area contributed by atoms with Gasteiger partial charge in [0.2, 0.25) is 5.90 Å². The zero-order valence-electron chi connectivity index (χ0n) is 19.0. The number of carbonyl (C=O) groups is 1. The van der Waals surface area contributed by atoms with Gasteiger partial charge in [-0.15, -0.1) is 0 Å². The molecule has 6 heteroatoms. The molecule has 172 valence electrons. The van der Waals surface area contributed by atoms with Crippen molar-refractivity contribution in [3.63, 3.8) is 0 Å². The fourth-order valence-corrected chi connectivity index (χ4v) is 3.97. The first-order chi connectivity index (χ1) is 16.4. The second-order valence-corrected chi connectivity index (χ2v) is 8.64. The molecule has 0 aliphatic carbocycles. The zero-order chi connectivity index (χ0) is 24.1. The van der Waals surface area contributed by atoms with Gasteiger partial charge in [0.05, 0.1) is 11.1 Å². The first-order valence-corrected chi connectivity index (χ1v) is 11.7. The summed E-state index contributed by atoms with van der Waals surface area (Å²) in [6.45, 7) is 8.50. The highest BCUT2D eigenvalue weighted by Crippen LogP contribution is 2.38. The van der Waals surface area contributed by atoms with Crippen LogP contribution in [0.5, 0.6) is 11.5 Å². The van der Waals surface area contributed by atoms with Crippen LogP contribution < -0.4 is 9.47 Å². The van der Waals surface area contributed by atoms with E-state index in [1.54, 1.807) is 6.08 Å². The van der Waals surface area contributed by atoms with E-state index < -0.39 is 5.97 Å². The molecule has 5 nitrogen and oxygen atoms in total. The number of halogens is 1. The summed E-state index contributed by atoms with van der Waals surface area (Å²) in [5.74, 6) is 0.931. The SMILES string of the molecule is C=C(C)COc1c(Br)cc(/C=C2\N=C(c3ccc(-c4ccccc4)cc3)OC2=O)cc1OCC. The number of carbonyl (C=O) groups excluding carboxylic acids is 1. The van der Waals surface area contributed by atoms with E-state index in [1.807, 2.05) is 80.6 Å². The molecular weight excluding hydrogens is 494 g/mol. The maximum absolute atomic E-state index is 12.5. The van der Waals surface area contributed by atoms with Crippen LogP contribution in [-0.2, 0) is 9.53 Å². The molecule has 3 aromatic rings. The van der Waals surface area contributed by atoms with Crippen LogP contribution >= 0.6 is 15.9 Å². The van der Waals surface area contributed by atoms with Crippen molar-refractivity contribution >= 4 is 33.9 Å². The number of benzene rings is 3. The van der Waals surface area contributed by atoms with Crippen molar-refractivity contribution in [1.29, 1.82) is 0 Å². The zero-order valence-corrected chi connectivity index (χ0v) is 20.6. The Kier molecular flexibility index (Phi) is 7.28. The highest BCUT2D eigenvalue weighted by atomic mass is 79.9. The van der Waals surface area contributed by atoms with Gasteiger partial charge in [0, 0.05) is 5.56 Å². The van der Waals surface area contributed by atoms with Gasteiger partial charge in [-0.25, -0.2) is 9.79 Å². The average molecular weight is 518 g/mol. The van der Waals surface area contributed by atoms with E-state index >= 15 is 0 Å². The van der Waals surface area contributed by atoms with Crippen LogP contribution in [0.15, 0.2) is 94.0 Å². The molecule has 0 N–H and O–H groups in total. The molecule has 1 aliphatic rings. The molecule has 0 radical (unpaired) electrons. The molecule has 0 fully saturated rings. The lowest BCUT2D eigenvalue weighted by atomic mass is 10.0. The number of nitrogens with zero attached hydrogens (tertiary/aromatic N) is 1. The molecule has 0 saturated heterocycles. The minimum atomic E-state index is -0.501. The van der Waals surface area contributed by atoms with E-state index in [4.69, 9.17) is 14.2 Å². The van der Waals surface area contributed by atoms with E-state index in [9.17, 15) is 4.79 Å². The molecule has 0 atom stereocenters. The third kappa shape index (κ3) is 5.46. The molecule has 1 heterocycles. The molecule has 4 rings (SSSR count). The fraction of sp³-hybridized carbons (Fsp3) is 0.143. The summed E-state index contributed by atoms with van der Waals surface area (Å²) in [6.07, 6.45) is 1.67. The Morgan fingerprint density at radius 3 is 2.38 bits per heavy atom. The van der Waals surface area contributed by atoms with E-state index in [-0.39, 0.29) is 11.6 Å². The molecule has 0 saturated carbocycles. The fourth-order valence-electron chi connectivity index (χ4n) is 3.40. The standard InChI is InChI=1S/C28H24BrNO4/c1-4-32-25-16-19(14-23(29)26(25)33-17-18(2)3)15-24-28(31)34-27(30-24)22-12-10-21(11-13-22)20-8-6-5-7-9-20/h5-16H,2,4,17H2,1,3H3/b24-15-. The van der Waals surface area contributed by atoms with Crippen molar-refractivity contribution in [2.75, 3.05) is 13.2 Å². The second kappa shape index (κ2) is 10.5. The third-order valence-electron chi connectivity index (χ3n) is 4.96. The molecule has 0 bridgehead atoms. The summed E-state index contributed by atoms with van der Waals surface area (Å²) in [5, 5.41) is 0. The smallest absolute Gasteiger partial charge is 0.363 e. The van der Waals surface area contributed by atoms with Crippen molar-refractivity contribution in [2.45, 2.75) is 13.8 Å². The van der Waals surface area contributed by atoms with Gasteiger partial charge in [-0.1, -0.05) is 49.0 Å². The van der Waals surface area contributed by atoms with Crippen LogP contribution in [-0.4, -0.2) is 25.1 Å². The Hall–Kier alpha value is -3.64. The largest absolute Gasteiger partial charge is 0.490 e. The van der Waals surface area contributed by atoms with Crippen molar-refractivity contribution in [3.05, 3.63) is 100 Å². The first kappa shape index (κ1) is 23.5. The number of ether oxygens (including phenoxy) is 3. The summed E-state index contributed by atoms with van der Waals surface area (Å²) in [5.41, 5.74) is 4.77. The minimum absolute atomic E-state index is 0.215. The van der Waals surface area contributed by atoms with Crippen LogP contribution in [0.25, 0.3) is 17.2 Å². The van der Waals surface area contributed by atoms with Gasteiger partial charge in [-0.05, 0) is 82.4 Å². The topological polar surface area (TPSA) is 57.1 Å². The highest BCUT2D eigenvalue weighted by molar-refractivity contribution is 9.10. The van der Waals surface area contributed by atoms with Crippen molar-refractivity contribution in [1.82, 2.24) is 0 Å². The Morgan fingerprint density at radius 1 is 1.03 bits per heavy atom. The summed E-state index contributed by atoms with van der Waals surface area (Å²) in [7, 11) is 0. The van der Waals surface area contributed by atoms with Gasteiger partial charge in [-0.3, -0.25) is 0 Å². The lowest BCUT2D eigenvalue weighted by Gasteiger charge is -2.14. The molecular formula is C28H24BrNO4. The van der Waals surface area contributed by atoms with Gasteiger partial charge >= 0.3 is 5.97 Å². The third-order valence-corrected chi connectivity index (χ3v) is 5.55. The molecule has 3 aromatic carbocycles. The number of hydrogen-bond donors (Lipinski definition) is 0. The Morgan fingerprint density at radius 2 is 1.71 bits per heavy atom. The molecule has 0 aromatic heterocycles. The summed E-state index contributed by atoms with van der Waals surface area (Å²) >= 11 is 3.54. The van der Waals surface area contributed by atoms with Gasteiger partial charge in [0.1, 0.15) is 6.61 Å². The van der Waals surface area contributed by atoms with Crippen molar-refractivity contribution in [2.24, 2.45) is 4.99 Å². The summed E-state index contributed by atoms with van der Waals surface area (Å²) in [6, 6.07) is 21.5. The summed E-state index contributed by atoms with van der Waals surface area (Å²) in [4.78, 5) is 16.9. The van der Waals surface area contributed by atoms with Gasteiger partial charge in [0.15, 0.2) is 17.2 Å². The van der Waals surface area contributed by atoms with Crippen LogP contribution in [0.4, 0.5) is 0 Å². The van der Waals surface area contributed by atoms with Crippen LogP contribution in [0.1, 0.15) is 25.0 Å². The van der Waals surface area contributed by atoms with Gasteiger partial charge in [-0.2, -0.15) is 0 Å². The molecule has 0 amide bonds. The average Bonchev–Trinajstić information content (AvgIpc) is 3.19. The second-order valence-electron chi connectivity index (χ2n) is 7.79. The van der Waals surface area contributed by atoms with Crippen LogP contribution in [0.2, 0.25) is 0 Å². The van der Waals surface area contributed by atoms with Gasteiger partial charge in [0.25, 0.3) is 0 Å². The molecule has 1 aliphatic heterocycles. The van der Waals surface area contributed by atoms with Crippen LogP contribution in [0, 0.1) is 0 Å². The van der Waals surface area contributed by atoms with Crippen molar-refractivity contribution < 1.29 is 19.0 Å². The van der Waals surface area contributed by atoms with E-state index in [0.29, 0.717) is 29.2 Å². The number of esters is 1. The Balaban J connectivity index is 1.60. The maximum atomic E-state index is 12.5. The van der Waals surface area contributed by atoms with Crippen LogP contribution in [0.3, 0.4) is 0 Å². The van der Waals surface area contributed by atoms with E-state index in [0.717, 1.165) is 27.8 Å².